The van der Waals surface area contributed by atoms with Crippen molar-refractivity contribution < 1.29 is 21.6 Å². The Labute approximate surface area is 215 Å². The number of sulfonamides is 1. The fourth-order valence-corrected chi connectivity index (χ4v) is 5.53. The van der Waals surface area contributed by atoms with Crippen LogP contribution in [-0.4, -0.2) is 59.1 Å². The van der Waals surface area contributed by atoms with Crippen LogP contribution in [0.5, 0.6) is 0 Å². The highest BCUT2D eigenvalue weighted by Gasteiger charge is 2.35. The second-order valence-electron chi connectivity index (χ2n) is 8.20. The van der Waals surface area contributed by atoms with Gasteiger partial charge < -0.3 is 10.2 Å². The van der Waals surface area contributed by atoms with E-state index in [1.54, 1.807) is 30.5 Å². The van der Waals surface area contributed by atoms with Gasteiger partial charge in [-0.2, -0.15) is 22.6 Å². The first-order valence-electron chi connectivity index (χ1n) is 11.0. The van der Waals surface area contributed by atoms with Gasteiger partial charge in [0.2, 0.25) is 16.0 Å². The van der Waals surface area contributed by atoms with Crippen molar-refractivity contribution in [2.75, 3.05) is 36.4 Å². The number of rotatable bonds is 5. The third-order valence-electron chi connectivity index (χ3n) is 5.84. The summed E-state index contributed by atoms with van der Waals surface area (Å²) in [5.74, 6) is -0.187. The lowest BCUT2D eigenvalue weighted by atomic mass is 10.2. The molecule has 1 aliphatic heterocycles. The number of nitrogens with one attached hydrogen (secondary N) is 1. The van der Waals surface area contributed by atoms with Crippen molar-refractivity contribution in [2.24, 2.45) is 0 Å². The van der Waals surface area contributed by atoms with Crippen LogP contribution in [0.1, 0.15) is 5.69 Å². The second kappa shape index (κ2) is 9.72. The van der Waals surface area contributed by atoms with Gasteiger partial charge in [0.05, 0.1) is 16.6 Å². The second-order valence-corrected chi connectivity index (χ2v) is 10.6. The lowest BCUT2D eigenvalue weighted by Crippen LogP contribution is -2.49. The number of benzene rings is 2. The number of hydrogen-bond donors (Lipinski definition) is 1. The van der Waals surface area contributed by atoms with E-state index >= 15 is 0 Å². The highest BCUT2D eigenvalue weighted by atomic mass is 35.5. The number of fused-ring (bicyclic) bond motifs is 1. The third kappa shape index (κ3) is 5.29. The quantitative estimate of drug-likeness (QED) is 0.392. The predicted octanol–water partition coefficient (Wildman–Crippen LogP) is 4.35. The summed E-state index contributed by atoms with van der Waals surface area (Å²) in [6.07, 6.45) is -2.44. The molecule has 0 bridgehead atoms. The fraction of sp³-hybridized carbons (Fsp3) is 0.217. The first kappa shape index (κ1) is 25.1. The Morgan fingerprint density at radius 3 is 2.41 bits per heavy atom. The molecule has 4 aromatic rings. The molecule has 9 nitrogen and oxygen atoms in total. The van der Waals surface area contributed by atoms with E-state index in [2.05, 4.69) is 25.5 Å². The van der Waals surface area contributed by atoms with E-state index in [-0.39, 0.29) is 37.0 Å². The van der Waals surface area contributed by atoms with Crippen molar-refractivity contribution in [3.8, 4) is 0 Å². The highest BCUT2D eigenvalue weighted by Crippen LogP contribution is 2.29. The molecule has 0 saturated carbocycles. The monoisotopic (exact) mass is 549 g/mol. The molecule has 0 atom stereocenters. The van der Waals surface area contributed by atoms with Crippen LogP contribution in [-0.2, 0) is 16.2 Å². The van der Waals surface area contributed by atoms with Gasteiger partial charge >= 0.3 is 6.18 Å². The summed E-state index contributed by atoms with van der Waals surface area (Å²) in [5, 5.41) is 11.8. The van der Waals surface area contributed by atoms with Crippen molar-refractivity contribution in [1.82, 2.24) is 24.5 Å². The van der Waals surface area contributed by atoms with E-state index in [1.807, 2.05) is 12.1 Å². The van der Waals surface area contributed by atoms with E-state index in [4.69, 9.17) is 11.6 Å². The topological polar surface area (TPSA) is 104 Å². The Bertz CT molecular complexity index is 1540. The zero-order chi connectivity index (χ0) is 26.2. The summed E-state index contributed by atoms with van der Waals surface area (Å²) < 4.78 is 66.4. The van der Waals surface area contributed by atoms with Crippen LogP contribution >= 0.6 is 11.6 Å². The summed E-state index contributed by atoms with van der Waals surface area (Å²) in [4.78, 5) is 9.42. The maximum absolute atomic E-state index is 13.2. The zero-order valence-corrected chi connectivity index (χ0v) is 20.6. The minimum Gasteiger partial charge on any atom is -0.355 e. The molecular weight excluding hydrogens is 531 g/mol. The van der Waals surface area contributed by atoms with Gasteiger partial charge in [-0.15, -0.1) is 5.10 Å². The largest absolute Gasteiger partial charge is 0.435 e. The van der Waals surface area contributed by atoms with Crippen molar-refractivity contribution in [3.05, 3.63) is 71.6 Å². The molecule has 14 heteroatoms. The lowest BCUT2D eigenvalue weighted by Gasteiger charge is -2.33. The Morgan fingerprint density at radius 2 is 1.70 bits per heavy atom. The van der Waals surface area contributed by atoms with Crippen molar-refractivity contribution >= 4 is 49.9 Å². The zero-order valence-electron chi connectivity index (χ0n) is 19.0. The third-order valence-corrected chi connectivity index (χ3v) is 7.98. The van der Waals surface area contributed by atoms with Gasteiger partial charge in [0.1, 0.15) is 0 Å². The molecule has 0 radical (unpaired) electrons. The van der Waals surface area contributed by atoms with E-state index < -0.39 is 21.9 Å². The number of aromatic nitrogens is 4. The average Bonchev–Trinajstić information content (AvgIpc) is 2.89. The molecular formula is C23H19ClF3N7O2S. The number of nitrogens with zero attached hydrogens (tertiary/aromatic N) is 6. The van der Waals surface area contributed by atoms with Crippen LogP contribution in [0.3, 0.4) is 0 Å². The van der Waals surface area contributed by atoms with Crippen LogP contribution in [0.2, 0.25) is 5.02 Å². The molecule has 1 N–H and O–H groups in total. The van der Waals surface area contributed by atoms with Crippen molar-refractivity contribution in [1.29, 1.82) is 0 Å². The van der Waals surface area contributed by atoms with Gasteiger partial charge in [-0.1, -0.05) is 11.6 Å². The van der Waals surface area contributed by atoms with Gasteiger partial charge in [0, 0.05) is 54.2 Å². The van der Waals surface area contributed by atoms with E-state index in [1.165, 1.54) is 21.3 Å². The van der Waals surface area contributed by atoms with E-state index in [0.29, 0.717) is 16.9 Å². The molecule has 1 fully saturated rings. The minimum atomic E-state index is -4.64. The average molecular weight is 550 g/mol. The maximum atomic E-state index is 13.2. The number of anilines is 3. The Morgan fingerprint density at radius 1 is 0.973 bits per heavy atom. The molecule has 0 amide bonds. The van der Waals surface area contributed by atoms with Gasteiger partial charge in [-0.05, 0) is 48.5 Å². The SMILES string of the molecule is O=S(=O)(c1ccc(Nc2ccnc3cc(Cl)ccc23)cc1)N1CCN(c2nncc(C(F)(F)F)n2)CC1. The number of halogens is 4. The molecule has 2 aromatic heterocycles. The molecule has 0 unspecified atom stereocenters. The Kier molecular flexibility index (Phi) is 6.60. The molecule has 5 rings (SSSR count). The number of hydrogen-bond acceptors (Lipinski definition) is 8. The highest BCUT2D eigenvalue weighted by molar-refractivity contribution is 7.89. The molecule has 1 aliphatic rings. The molecule has 37 heavy (non-hydrogen) atoms. The van der Waals surface area contributed by atoms with Crippen LogP contribution in [0, 0.1) is 0 Å². The summed E-state index contributed by atoms with van der Waals surface area (Å²) in [6.45, 7) is 0.378. The maximum Gasteiger partial charge on any atom is 0.435 e. The summed E-state index contributed by atoms with van der Waals surface area (Å²) in [6, 6.07) is 13.5. The Hall–Kier alpha value is -3.55. The van der Waals surface area contributed by atoms with Gasteiger partial charge in [-0.3, -0.25) is 4.98 Å². The molecule has 1 saturated heterocycles. The molecule has 192 valence electrons. The first-order valence-corrected chi connectivity index (χ1v) is 12.9. The van der Waals surface area contributed by atoms with E-state index in [9.17, 15) is 21.6 Å². The van der Waals surface area contributed by atoms with Gasteiger partial charge in [0.25, 0.3) is 0 Å². The van der Waals surface area contributed by atoms with Crippen LogP contribution < -0.4 is 10.2 Å². The molecule has 3 heterocycles. The number of alkyl halides is 3. The smallest absolute Gasteiger partial charge is 0.355 e. The minimum absolute atomic E-state index is 0.0630. The fourth-order valence-electron chi connectivity index (χ4n) is 3.94. The lowest BCUT2D eigenvalue weighted by molar-refractivity contribution is -0.141. The Balaban J connectivity index is 1.27. The van der Waals surface area contributed by atoms with Gasteiger partial charge in [0.15, 0.2) is 5.69 Å². The molecule has 0 aliphatic carbocycles. The van der Waals surface area contributed by atoms with Crippen LogP contribution in [0.4, 0.5) is 30.5 Å². The number of piperazine rings is 1. The predicted molar refractivity (Wildman–Crippen MR) is 132 cm³/mol. The van der Waals surface area contributed by atoms with E-state index in [0.717, 1.165) is 16.6 Å². The summed E-state index contributed by atoms with van der Waals surface area (Å²) >= 11 is 6.04. The molecule has 2 aromatic carbocycles. The van der Waals surface area contributed by atoms with Crippen LogP contribution in [0.25, 0.3) is 10.9 Å². The van der Waals surface area contributed by atoms with Crippen molar-refractivity contribution in [3.63, 3.8) is 0 Å². The van der Waals surface area contributed by atoms with Gasteiger partial charge in [-0.25, -0.2) is 13.4 Å². The summed E-state index contributed by atoms with van der Waals surface area (Å²) in [7, 11) is -3.81. The first-order chi connectivity index (χ1) is 17.6. The standard InChI is InChI=1S/C23H19ClF3N7O2S/c24-15-1-6-18-19(7-8-28-20(18)13-15)30-16-2-4-17(5-3-16)37(35,36)34-11-9-33(10-12-34)22-31-21(14-29-32-22)23(25,26)27/h1-8,13-14H,9-12H2,(H,28,30). The molecule has 0 spiro atoms. The van der Waals surface area contributed by atoms with Crippen LogP contribution in [0.15, 0.2) is 65.8 Å². The number of pyridine rings is 1. The summed E-state index contributed by atoms with van der Waals surface area (Å²) in [5.41, 5.74) is 1.05. The van der Waals surface area contributed by atoms with Crippen molar-refractivity contribution in [2.45, 2.75) is 11.1 Å². The normalized spacial score (nSPS) is 15.2.